The molecule has 0 radical (unpaired) electrons. The smallest absolute Gasteiger partial charge is 0.255 e. The van der Waals surface area contributed by atoms with Gasteiger partial charge in [0.1, 0.15) is 22.5 Å². The van der Waals surface area contributed by atoms with Gasteiger partial charge in [-0.15, -0.1) is 0 Å². The molecule has 156 valence electrons. The van der Waals surface area contributed by atoms with E-state index in [4.69, 9.17) is 10.5 Å². The van der Waals surface area contributed by atoms with Gasteiger partial charge in [-0.3, -0.25) is 9.69 Å². The summed E-state index contributed by atoms with van der Waals surface area (Å²) in [4.78, 5) is 20.1. The zero-order valence-electron chi connectivity index (χ0n) is 17.1. The van der Waals surface area contributed by atoms with Crippen molar-refractivity contribution in [3.05, 3.63) is 82.2 Å². The van der Waals surface area contributed by atoms with E-state index in [0.717, 1.165) is 11.3 Å². The van der Waals surface area contributed by atoms with Crippen molar-refractivity contribution >= 4 is 28.5 Å². The fourth-order valence-electron chi connectivity index (χ4n) is 3.58. The fraction of sp³-hybridized carbons (Fsp3) is 0.174. The summed E-state index contributed by atoms with van der Waals surface area (Å²) >= 11 is 1.21. The number of anilines is 1. The number of rotatable bonds is 5. The molecule has 31 heavy (non-hydrogen) atoms. The van der Waals surface area contributed by atoms with Crippen molar-refractivity contribution in [3.63, 3.8) is 0 Å². The number of benzene rings is 2. The van der Waals surface area contributed by atoms with E-state index in [1.54, 1.807) is 11.8 Å². The average Bonchev–Trinajstić information content (AvgIpc) is 3.09. The number of nitrogens with zero attached hydrogens (tertiary/aromatic N) is 3. The molecule has 2 aliphatic heterocycles. The number of hydrogen-bond acceptors (Lipinski definition) is 7. The number of hydrogen-bond donors (Lipinski definition) is 2. The van der Waals surface area contributed by atoms with E-state index < -0.39 is 6.04 Å². The molecule has 7 nitrogen and oxygen atoms in total. The molecule has 3 N–H and O–H groups in total. The lowest BCUT2D eigenvalue weighted by Crippen LogP contribution is -2.39. The van der Waals surface area contributed by atoms with Crippen molar-refractivity contribution < 1.29 is 9.53 Å². The van der Waals surface area contributed by atoms with Crippen LogP contribution in [0.2, 0.25) is 0 Å². The molecular weight excluding hydrogens is 410 g/mol. The highest BCUT2D eigenvalue weighted by Gasteiger charge is 2.42. The van der Waals surface area contributed by atoms with Crippen LogP contribution in [0.4, 0.5) is 5.69 Å². The third-order valence-electron chi connectivity index (χ3n) is 4.96. The number of para-hydroxylation sites is 1. The van der Waals surface area contributed by atoms with Gasteiger partial charge in [0.25, 0.3) is 5.91 Å². The number of allylic oxidation sites excluding steroid dienone is 2. The van der Waals surface area contributed by atoms with Crippen LogP contribution in [-0.4, -0.2) is 22.6 Å². The van der Waals surface area contributed by atoms with Crippen LogP contribution in [0.3, 0.4) is 0 Å². The first kappa shape index (κ1) is 20.6. The molecule has 1 atom stereocenters. The number of aliphatic imine (C=N–C) groups is 1. The maximum atomic E-state index is 13.4. The molecule has 0 fully saturated rings. The van der Waals surface area contributed by atoms with E-state index in [2.05, 4.69) is 16.4 Å². The van der Waals surface area contributed by atoms with Gasteiger partial charge in [0.05, 0.1) is 23.9 Å². The largest absolute Gasteiger partial charge is 0.494 e. The van der Waals surface area contributed by atoms with E-state index in [1.165, 1.54) is 11.8 Å². The van der Waals surface area contributed by atoms with Crippen molar-refractivity contribution in [1.82, 2.24) is 4.90 Å². The van der Waals surface area contributed by atoms with E-state index >= 15 is 0 Å². The third kappa shape index (κ3) is 3.88. The highest BCUT2D eigenvalue weighted by atomic mass is 32.2. The van der Waals surface area contributed by atoms with E-state index in [0.29, 0.717) is 39.5 Å². The molecule has 0 saturated heterocycles. The molecule has 0 bridgehead atoms. The maximum Gasteiger partial charge on any atom is 0.255 e. The zero-order valence-corrected chi connectivity index (χ0v) is 17.9. The highest BCUT2D eigenvalue weighted by molar-refractivity contribution is 8.17. The number of carbonyl (C=O) groups excluding carboxylic acids is 1. The highest BCUT2D eigenvalue weighted by Crippen LogP contribution is 2.45. The van der Waals surface area contributed by atoms with Gasteiger partial charge >= 0.3 is 0 Å². The lowest BCUT2D eigenvalue weighted by atomic mass is 9.93. The number of nitrogens with two attached hydrogens (primary N) is 1. The minimum absolute atomic E-state index is 0.270. The number of nitriles is 1. The van der Waals surface area contributed by atoms with Crippen molar-refractivity contribution in [1.29, 1.82) is 5.26 Å². The van der Waals surface area contributed by atoms with E-state index in [9.17, 15) is 10.1 Å². The number of carbonyl (C=O) groups is 1. The van der Waals surface area contributed by atoms with Crippen molar-refractivity contribution in [2.24, 2.45) is 10.7 Å². The molecule has 2 aromatic rings. The van der Waals surface area contributed by atoms with Gasteiger partial charge < -0.3 is 15.8 Å². The van der Waals surface area contributed by atoms with E-state index in [-0.39, 0.29) is 5.91 Å². The van der Waals surface area contributed by atoms with Gasteiger partial charge in [0, 0.05) is 5.69 Å². The number of ether oxygens (including phenoxy) is 1. The van der Waals surface area contributed by atoms with Gasteiger partial charge in [-0.05, 0) is 55.4 Å². The number of fused-ring (bicyclic) bond motifs is 1. The van der Waals surface area contributed by atoms with E-state index in [1.807, 2.05) is 61.5 Å². The number of thioether (sulfide) groups is 1. The lowest BCUT2D eigenvalue weighted by molar-refractivity contribution is -0.113. The second-order valence-corrected chi connectivity index (χ2v) is 7.89. The summed E-state index contributed by atoms with van der Waals surface area (Å²) in [5.41, 5.74) is 8.89. The molecule has 2 aliphatic rings. The summed E-state index contributed by atoms with van der Waals surface area (Å²) in [5, 5.41) is 13.0. The molecule has 0 saturated carbocycles. The van der Waals surface area contributed by atoms with Crippen LogP contribution in [0, 0.1) is 11.3 Å². The number of nitrogens with one attached hydrogen (secondary N) is 1. The van der Waals surface area contributed by atoms with Crippen LogP contribution >= 0.6 is 11.8 Å². The quantitative estimate of drug-likeness (QED) is 0.738. The topological polar surface area (TPSA) is 104 Å². The predicted octanol–water partition coefficient (Wildman–Crippen LogP) is 4.11. The minimum atomic E-state index is -0.523. The molecule has 1 amide bonds. The first-order valence-corrected chi connectivity index (χ1v) is 10.6. The first-order valence-electron chi connectivity index (χ1n) is 9.79. The molecule has 2 aromatic carbocycles. The Morgan fingerprint density at radius 3 is 2.61 bits per heavy atom. The fourth-order valence-corrected chi connectivity index (χ4v) is 4.50. The second-order valence-electron chi connectivity index (χ2n) is 6.92. The predicted molar refractivity (Wildman–Crippen MR) is 122 cm³/mol. The van der Waals surface area contributed by atoms with Gasteiger partial charge in [-0.2, -0.15) is 5.26 Å². The summed E-state index contributed by atoms with van der Waals surface area (Å²) in [5.74, 6) is 0.764. The molecule has 4 rings (SSSR count). The Hall–Kier alpha value is -3.70. The molecule has 0 aromatic heterocycles. The Kier molecular flexibility index (Phi) is 5.69. The van der Waals surface area contributed by atoms with Crippen LogP contribution in [-0.2, 0) is 4.79 Å². The molecule has 8 heteroatoms. The van der Waals surface area contributed by atoms with Gasteiger partial charge in [-0.1, -0.05) is 30.3 Å². The second kappa shape index (κ2) is 8.58. The monoisotopic (exact) mass is 431 g/mol. The summed E-state index contributed by atoms with van der Waals surface area (Å²) in [6, 6.07) is 18.4. The molecule has 0 aliphatic carbocycles. The van der Waals surface area contributed by atoms with Crippen LogP contribution in [0.15, 0.2) is 81.6 Å². The summed E-state index contributed by atoms with van der Waals surface area (Å²) < 4.78 is 5.56. The van der Waals surface area contributed by atoms with Gasteiger partial charge in [-0.25, -0.2) is 4.99 Å². The molecular formula is C23H21N5O2S. The van der Waals surface area contributed by atoms with Crippen LogP contribution in [0.1, 0.15) is 25.5 Å². The normalized spacial score (nSPS) is 17.8. The minimum Gasteiger partial charge on any atom is -0.494 e. The Balaban J connectivity index is 1.79. The zero-order chi connectivity index (χ0) is 22.0. The lowest BCUT2D eigenvalue weighted by Gasteiger charge is -2.35. The number of amides is 1. The summed E-state index contributed by atoms with van der Waals surface area (Å²) in [7, 11) is 0. The third-order valence-corrected chi connectivity index (χ3v) is 5.94. The van der Waals surface area contributed by atoms with Crippen molar-refractivity contribution in [3.8, 4) is 11.8 Å². The molecule has 0 unspecified atom stereocenters. The van der Waals surface area contributed by atoms with Crippen molar-refractivity contribution in [2.75, 3.05) is 11.9 Å². The molecule has 0 spiro atoms. The molecule has 2 heterocycles. The summed E-state index contributed by atoms with van der Waals surface area (Å²) in [6.45, 7) is 4.28. The Labute approximate surface area is 184 Å². The standard InChI is InChI=1S/C23H21N5O2S/c1-3-30-17-11-9-15(10-12-17)20-19(22(29)27-16-7-5-4-6-8-16)14(2)26-23-28(20)21(25)18(13-24)31-23/h4-12,20H,3,25H2,1-2H3,(H,27,29)/t20-/m0/s1. The Morgan fingerprint density at radius 2 is 1.97 bits per heavy atom. The van der Waals surface area contributed by atoms with Gasteiger partial charge in [0.15, 0.2) is 5.17 Å². The van der Waals surface area contributed by atoms with Crippen LogP contribution < -0.4 is 15.8 Å². The first-order chi connectivity index (χ1) is 15.0. The SMILES string of the molecule is CCOc1ccc([C@H]2C(C(=O)Nc3ccccc3)=C(C)N=C3SC(C#N)=C(N)N32)cc1. The van der Waals surface area contributed by atoms with Crippen LogP contribution in [0.25, 0.3) is 0 Å². The van der Waals surface area contributed by atoms with Crippen molar-refractivity contribution in [2.45, 2.75) is 19.9 Å². The number of amidine groups is 1. The van der Waals surface area contributed by atoms with Gasteiger partial charge in [0.2, 0.25) is 0 Å². The average molecular weight is 432 g/mol. The summed E-state index contributed by atoms with van der Waals surface area (Å²) in [6.07, 6.45) is 0. The van der Waals surface area contributed by atoms with Crippen LogP contribution in [0.5, 0.6) is 5.75 Å². The maximum absolute atomic E-state index is 13.4. The Bertz CT molecular complexity index is 1150. The Morgan fingerprint density at radius 1 is 1.26 bits per heavy atom.